The summed E-state index contributed by atoms with van der Waals surface area (Å²) >= 11 is 0. The van der Waals surface area contributed by atoms with Gasteiger partial charge in [-0.1, -0.05) is 18.2 Å². The van der Waals surface area contributed by atoms with Crippen molar-refractivity contribution in [3.05, 3.63) is 59.2 Å². The summed E-state index contributed by atoms with van der Waals surface area (Å²) < 4.78 is 17.0. The maximum atomic E-state index is 11.7. The fourth-order valence-electron chi connectivity index (χ4n) is 4.23. The molecule has 2 aliphatic rings. The number of aliphatic hydroxyl groups is 1. The summed E-state index contributed by atoms with van der Waals surface area (Å²) in [6.07, 6.45) is 4.18. The minimum Gasteiger partial charge on any atom is -0.491 e. The molecule has 1 fully saturated rings. The van der Waals surface area contributed by atoms with Gasteiger partial charge in [0, 0.05) is 13.0 Å². The summed E-state index contributed by atoms with van der Waals surface area (Å²) in [7, 11) is 0. The third-order valence-corrected chi connectivity index (χ3v) is 5.84. The van der Waals surface area contributed by atoms with Gasteiger partial charge in [-0.05, 0) is 73.1 Å². The number of carbonyl (C=O) groups is 1. The SMILES string of the molecule is O=C(O)C1(Cc2cccc(OC[C@@H](O)COc3ccc4c(c3)CCC4)c2)CCCO1. The molecule has 6 heteroatoms. The predicted octanol–water partition coefficient (Wildman–Crippen LogP) is 3.17. The van der Waals surface area contributed by atoms with E-state index in [4.69, 9.17) is 14.2 Å². The molecule has 6 nitrogen and oxygen atoms in total. The number of fused-ring (bicyclic) bond motifs is 1. The van der Waals surface area contributed by atoms with Crippen LogP contribution in [0.15, 0.2) is 42.5 Å². The molecule has 0 aromatic heterocycles. The number of aliphatic hydroxyl groups excluding tert-OH is 1. The molecule has 2 N–H and O–H groups in total. The van der Waals surface area contributed by atoms with Gasteiger partial charge in [0.2, 0.25) is 0 Å². The second-order valence-corrected chi connectivity index (χ2v) is 8.14. The maximum absolute atomic E-state index is 11.7. The molecule has 1 aliphatic carbocycles. The van der Waals surface area contributed by atoms with E-state index in [-0.39, 0.29) is 13.2 Å². The number of rotatable bonds is 9. The summed E-state index contributed by atoms with van der Waals surface area (Å²) in [5.41, 5.74) is 2.40. The van der Waals surface area contributed by atoms with Gasteiger partial charge in [0.05, 0.1) is 0 Å². The number of benzene rings is 2. The minimum atomic E-state index is -1.15. The van der Waals surface area contributed by atoms with Gasteiger partial charge in [-0.15, -0.1) is 0 Å². The van der Waals surface area contributed by atoms with Crippen molar-refractivity contribution in [3.8, 4) is 11.5 Å². The van der Waals surface area contributed by atoms with Crippen molar-refractivity contribution in [1.29, 1.82) is 0 Å². The lowest BCUT2D eigenvalue weighted by molar-refractivity contribution is -0.159. The fraction of sp³-hybridized carbons (Fsp3) is 0.458. The minimum absolute atomic E-state index is 0.0922. The van der Waals surface area contributed by atoms with Gasteiger partial charge < -0.3 is 24.4 Å². The van der Waals surface area contributed by atoms with Crippen molar-refractivity contribution < 1.29 is 29.2 Å². The molecule has 30 heavy (non-hydrogen) atoms. The average Bonchev–Trinajstić information content (AvgIpc) is 3.41. The van der Waals surface area contributed by atoms with Crippen LogP contribution in [-0.2, 0) is 28.8 Å². The van der Waals surface area contributed by atoms with Crippen LogP contribution in [-0.4, -0.2) is 47.7 Å². The number of carboxylic acids is 1. The second-order valence-electron chi connectivity index (χ2n) is 8.14. The number of aryl methyl sites for hydroxylation is 2. The number of aliphatic carboxylic acids is 1. The third-order valence-electron chi connectivity index (χ3n) is 5.84. The van der Waals surface area contributed by atoms with E-state index < -0.39 is 17.7 Å². The van der Waals surface area contributed by atoms with E-state index in [1.165, 1.54) is 17.5 Å². The number of hydrogen-bond donors (Lipinski definition) is 2. The van der Waals surface area contributed by atoms with Gasteiger partial charge in [0.15, 0.2) is 5.60 Å². The lowest BCUT2D eigenvalue weighted by Crippen LogP contribution is -2.40. The Balaban J connectivity index is 1.28. The maximum Gasteiger partial charge on any atom is 0.336 e. The molecule has 2 aromatic carbocycles. The Morgan fingerprint density at radius 3 is 2.53 bits per heavy atom. The molecule has 160 valence electrons. The van der Waals surface area contributed by atoms with Crippen LogP contribution in [0.5, 0.6) is 11.5 Å². The van der Waals surface area contributed by atoms with Gasteiger partial charge in [0.25, 0.3) is 0 Å². The van der Waals surface area contributed by atoms with Crippen LogP contribution < -0.4 is 9.47 Å². The van der Waals surface area contributed by atoms with Crippen molar-refractivity contribution in [1.82, 2.24) is 0 Å². The normalized spacial score (nSPS) is 21.2. The molecule has 4 rings (SSSR count). The van der Waals surface area contributed by atoms with Gasteiger partial charge in [-0.25, -0.2) is 4.79 Å². The summed E-state index contributed by atoms with van der Waals surface area (Å²) in [4.78, 5) is 11.7. The molecule has 0 saturated carbocycles. The largest absolute Gasteiger partial charge is 0.491 e. The van der Waals surface area contributed by atoms with E-state index in [1.54, 1.807) is 12.1 Å². The first-order chi connectivity index (χ1) is 14.5. The highest BCUT2D eigenvalue weighted by molar-refractivity contribution is 5.78. The molecule has 2 aromatic rings. The van der Waals surface area contributed by atoms with Crippen molar-refractivity contribution in [2.24, 2.45) is 0 Å². The zero-order valence-corrected chi connectivity index (χ0v) is 17.0. The summed E-state index contributed by atoms with van der Waals surface area (Å²) in [5.74, 6) is 0.431. The van der Waals surface area contributed by atoms with Crippen molar-refractivity contribution in [2.45, 2.75) is 50.2 Å². The Morgan fingerprint density at radius 2 is 1.80 bits per heavy atom. The fourth-order valence-corrected chi connectivity index (χ4v) is 4.23. The number of carboxylic acid groups (broad SMARTS) is 1. The highest BCUT2D eigenvalue weighted by Crippen LogP contribution is 2.31. The number of hydrogen-bond acceptors (Lipinski definition) is 5. The van der Waals surface area contributed by atoms with Crippen molar-refractivity contribution in [3.63, 3.8) is 0 Å². The van der Waals surface area contributed by atoms with Gasteiger partial charge in [0.1, 0.15) is 30.8 Å². The topological polar surface area (TPSA) is 85.2 Å². The van der Waals surface area contributed by atoms with E-state index in [0.717, 1.165) is 30.6 Å². The Bertz CT molecular complexity index is 887. The lowest BCUT2D eigenvalue weighted by Gasteiger charge is -2.23. The molecule has 1 aliphatic heterocycles. The first kappa shape index (κ1) is 20.7. The van der Waals surface area contributed by atoms with E-state index in [9.17, 15) is 15.0 Å². The molecular weight excluding hydrogens is 384 g/mol. The third kappa shape index (κ3) is 4.77. The molecule has 1 saturated heterocycles. The lowest BCUT2D eigenvalue weighted by atomic mass is 9.91. The Labute approximate surface area is 176 Å². The van der Waals surface area contributed by atoms with E-state index in [2.05, 4.69) is 12.1 Å². The molecule has 1 heterocycles. The molecule has 0 spiro atoms. The first-order valence-electron chi connectivity index (χ1n) is 10.6. The monoisotopic (exact) mass is 412 g/mol. The highest BCUT2D eigenvalue weighted by atomic mass is 16.5. The molecule has 2 atom stereocenters. The summed E-state index contributed by atoms with van der Waals surface area (Å²) in [6, 6.07) is 13.4. The van der Waals surface area contributed by atoms with Gasteiger partial charge in [-0.3, -0.25) is 0 Å². The van der Waals surface area contributed by atoms with Crippen molar-refractivity contribution >= 4 is 5.97 Å². The smallest absolute Gasteiger partial charge is 0.336 e. The van der Waals surface area contributed by atoms with Crippen LogP contribution in [0.4, 0.5) is 0 Å². The van der Waals surface area contributed by atoms with Crippen LogP contribution in [0, 0.1) is 0 Å². The Hall–Kier alpha value is -2.57. The second kappa shape index (κ2) is 9.06. The van der Waals surface area contributed by atoms with E-state index in [1.807, 2.05) is 18.2 Å². The standard InChI is InChI=1S/C24H28O6/c25-20(16-29-22-9-8-18-5-2-6-19(18)13-22)15-28-21-7-1-4-17(12-21)14-24(23(26)27)10-3-11-30-24/h1,4,7-9,12-13,20,25H,2-3,5-6,10-11,14-16H2,(H,26,27)/t20-,24?/m1/s1. The molecular formula is C24H28O6. The molecule has 0 bridgehead atoms. The number of ether oxygens (including phenoxy) is 3. The van der Waals surface area contributed by atoms with Crippen LogP contribution in [0.3, 0.4) is 0 Å². The molecule has 0 amide bonds. The Morgan fingerprint density at radius 1 is 1.03 bits per heavy atom. The highest BCUT2D eigenvalue weighted by Gasteiger charge is 2.42. The van der Waals surface area contributed by atoms with Crippen LogP contribution in [0.2, 0.25) is 0 Å². The van der Waals surface area contributed by atoms with E-state index >= 15 is 0 Å². The predicted molar refractivity (Wildman–Crippen MR) is 111 cm³/mol. The van der Waals surface area contributed by atoms with E-state index in [0.29, 0.717) is 25.2 Å². The zero-order valence-electron chi connectivity index (χ0n) is 17.0. The van der Waals surface area contributed by atoms with Gasteiger partial charge in [-0.2, -0.15) is 0 Å². The van der Waals surface area contributed by atoms with Crippen LogP contribution in [0.1, 0.15) is 36.0 Å². The first-order valence-corrected chi connectivity index (χ1v) is 10.6. The van der Waals surface area contributed by atoms with Crippen LogP contribution >= 0.6 is 0 Å². The Kier molecular flexibility index (Phi) is 6.25. The molecule has 0 radical (unpaired) electrons. The van der Waals surface area contributed by atoms with Gasteiger partial charge >= 0.3 is 5.97 Å². The zero-order chi connectivity index (χ0) is 21.0. The average molecular weight is 412 g/mol. The molecule has 1 unspecified atom stereocenters. The van der Waals surface area contributed by atoms with Crippen molar-refractivity contribution in [2.75, 3.05) is 19.8 Å². The summed E-state index contributed by atoms with van der Waals surface area (Å²) in [5, 5.41) is 19.8. The van der Waals surface area contributed by atoms with Crippen LogP contribution in [0.25, 0.3) is 0 Å². The quantitative estimate of drug-likeness (QED) is 0.658. The summed E-state index contributed by atoms with van der Waals surface area (Å²) in [6.45, 7) is 0.711.